The molecule has 0 bridgehead atoms. The van der Waals surface area contributed by atoms with Crippen molar-refractivity contribution in [1.29, 1.82) is 0 Å². The molecule has 2 heterocycles. The second-order valence-electron chi connectivity index (χ2n) is 7.74. The molecule has 1 fully saturated rings. The van der Waals surface area contributed by atoms with Crippen molar-refractivity contribution in [2.24, 2.45) is 0 Å². The van der Waals surface area contributed by atoms with Crippen LogP contribution < -0.4 is 0 Å². The molecule has 6 heteroatoms. The van der Waals surface area contributed by atoms with Gasteiger partial charge >= 0.3 is 0 Å². The summed E-state index contributed by atoms with van der Waals surface area (Å²) in [5.74, 6) is -0.885. The molecule has 0 radical (unpaired) electrons. The number of aryl methyl sites for hydroxylation is 3. The number of amides is 1. The highest BCUT2D eigenvalue weighted by Gasteiger charge is 2.44. The molecule has 0 saturated carbocycles. The molecular weight excluding hydrogens is 348 g/mol. The lowest BCUT2D eigenvalue weighted by Crippen LogP contribution is -2.48. The van der Waals surface area contributed by atoms with Crippen LogP contribution in [-0.4, -0.2) is 33.9 Å². The third-order valence-electron chi connectivity index (χ3n) is 5.90. The Bertz CT molecular complexity index is 882. The lowest BCUT2D eigenvalue weighted by molar-refractivity contribution is -0.133. The van der Waals surface area contributed by atoms with Gasteiger partial charge in [-0.3, -0.25) is 4.79 Å². The summed E-state index contributed by atoms with van der Waals surface area (Å²) in [7, 11) is 0. The van der Waals surface area contributed by atoms with E-state index in [2.05, 4.69) is 4.98 Å². The SMILES string of the molecule is Cc1ncc2c(n1)C1(CCCN(C(=O)CCc3ccc(F)c(F)c3)C1)CC2. The van der Waals surface area contributed by atoms with Gasteiger partial charge in [-0.1, -0.05) is 6.07 Å². The minimum atomic E-state index is -0.866. The third-order valence-corrected chi connectivity index (χ3v) is 5.90. The number of hydrogen-bond acceptors (Lipinski definition) is 3. The van der Waals surface area contributed by atoms with Crippen LogP contribution in [0.15, 0.2) is 24.4 Å². The van der Waals surface area contributed by atoms with Gasteiger partial charge in [0.1, 0.15) is 5.82 Å². The fourth-order valence-corrected chi connectivity index (χ4v) is 4.48. The maximum absolute atomic E-state index is 13.3. The summed E-state index contributed by atoms with van der Waals surface area (Å²) in [6.45, 7) is 3.34. The Balaban J connectivity index is 1.45. The van der Waals surface area contributed by atoms with E-state index in [1.165, 1.54) is 17.7 Å². The molecule has 1 aromatic heterocycles. The van der Waals surface area contributed by atoms with E-state index in [0.29, 0.717) is 24.9 Å². The van der Waals surface area contributed by atoms with Crippen LogP contribution in [0.25, 0.3) is 0 Å². The van der Waals surface area contributed by atoms with Gasteiger partial charge in [0, 0.05) is 31.1 Å². The van der Waals surface area contributed by atoms with Gasteiger partial charge in [-0.2, -0.15) is 0 Å². The zero-order valence-electron chi connectivity index (χ0n) is 15.5. The van der Waals surface area contributed by atoms with Crippen LogP contribution in [0.1, 0.15) is 48.3 Å². The molecule has 1 unspecified atom stereocenters. The number of hydrogen-bond donors (Lipinski definition) is 0. The average molecular weight is 371 g/mol. The average Bonchev–Trinajstić information content (AvgIpc) is 3.00. The van der Waals surface area contributed by atoms with Crippen molar-refractivity contribution in [3.63, 3.8) is 0 Å². The number of nitrogens with zero attached hydrogens (tertiary/aromatic N) is 3. The van der Waals surface area contributed by atoms with Gasteiger partial charge in [0.2, 0.25) is 5.91 Å². The van der Waals surface area contributed by atoms with Gasteiger partial charge in [0.15, 0.2) is 11.6 Å². The standard InChI is InChI=1S/C21H23F2N3O/c1-14-24-12-16-7-9-21(20(16)25-14)8-2-10-26(13-21)19(27)6-4-15-3-5-17(22)18(23)11-15/h3,5,11-12H,2,4,6-10,13H2,1H3. The molecule has 4 rings (SSSR count). The van der Waals surface area contributed by atoms with E-state index in [9.17, 15) is 13.6 Å². The Hall–Kier alpha value is -2.37. The van der Waals surface area contributed by atoms with Gasteiger partial charge in [-0.05, 0) is 62.3 Å². The van der Waals surface area contributed by atoms with Crippen molar-refractivity contribution >= 4 is 5.91 Å². The Morgan fingerprint density at radius 3 is 2.93 bits per heavy atom. The van der Waals surface area contributed by atoms with Crippen LogP contribution in [0.2, 0.25) is 0 Å². The number of carbonyl (C=O) groups is 1. The van der Waals surface area contributed by atoms with Crippen LogP contribution in [0.5, 0.6) is 0 Å². The van der Waals surface area contributed by atoms with E-state index >= 15 is 0 Å². The summed E-state index contributed by atoms with van der Waals surface area (Å²) in [6, 6.07) is 3.83. The van der Waals surface area contributed by atoms with Crippen molar-refractivity contribution in [3.8, 4) is 0 Å². The number of carbonyl (C=O) groups excluding carboxylic acids is 1. The molecule has 0 N–H and O–H groups in total. The van der Waals surface area contributed by atoms with Crippen LogP contribution in [-0.2, 0) is 23.1 Å². The van der Waals surface area contributed by atoms with Gasteiger partial charge in [-0.15, -0.1) is 0 Å². The normalized spacial score (nSPS) is 21.5. The summed E-state index contributed by atoms with van der Waals surface area (Å²) in [4.78, 5) is 23.7. The summed E-state index contributed by atoms with van der Waals surface area (Å²) in [5, 5.41) is 0. The molecule has 4 nitrogen and oxygen atoms in total. The van der Waals surface area contributed by atoms with E-state index in [1.54, 1.807) is 0 Å². The molecule has 2 aliphatic rings. The zero-order valence-corrected chi connectivity index (χ0v) is 15.5. The second-order valence-corrected chi connectivity index (χ2v) is 7.74. The smallest absolute Gasteiger partial charge is 0.222 e. The fourth-order valence-electron chi connectivity index (χ4n) is 4.48. The topological polar surface area (TPSA) is 46.1 Å². The number of piperidine rings is 1. The van der Waals surface area contributed by atoms with Crippen LogP contribution >= 0.6 is 0 Å². The second kappa shape index (κ2) is 6.98. The third kappa shape index (κ3) is 3.45. The highest BCUT2D eigenvalue weighted by atomic mass is 19.2. The first kappa shape index (κ1) is 18.0. The van der Waals surface area contributed by atoms with E-state index in [4.69, 9.17) is 4.98 Å². The number of rotatable bonds is 3. The first-order valence-electron chi connectivity index (χ1n) is 9.52. The minimum absolute atomic E-state index is 0.0566. The van der Waals surface area contributed by atoms with Crippen LogP contribution in [0, 0.1) is 18.6 Å². The van der Waals surface area contributed by atoms with Crippen molar-refractivity contribution in [2.75, 3.05) is 13.1 Å². The van der Waals surface area contributed by atoms with E-state index < -0.39 is 11.6 Å². The predicted molar refractivity (Wildman–Crippen MR) is 97.3 cm³/mol. The number of aromatic nitrogens is 2. The van der Waals surface area contributed by atoms with E-state index in [0.717, 1.165) is 49.8 Å². The van der Waals surface area contributed by atoms with Gasteiger partial charge in [0.25, 0.3) is 0 Å². The number of likely N-dealkylation sites (tertiary alicyclic amines) is 1. The first-order valence-corrected chi connectivity index (χ1v) is 9.52. The van der Waals surface area contributed by atoms with Gasteiger partial charge < -0.3 is 4.90 Å². The maximum Gasteiger partial charge on any atom is 0.222 e. The molecule has 1 aliphatic carbocycles. The molecule has 2 aromatic rings. The monoisotopic (exact) mass is 371 g/mol. The van der Waals surface area contributed by atoms with E-state index in [-0.39, 0.29) is 11.3 Å². The van der Waals surface area contributed by atoms with Crippen LogP contribution in [0.4, 0.5) is 8.78 Å². The van der Waals surface area contributed by atoms with Crippen molar-refractivity contribution in [3.05, 3.63) is 58.7 Å². The summed E-state index contributed by atoms with van der Waals surface area (Å²) >= 11 is 0. The summed E-state index contributed by atoms with van der Waals surface area (Å²) in [6.07, 6.45) is 6.62. The molecule has 142 valence electrons. The largest absolute Gasteiger partial charge is 0.342 e. The lowest BCUT2D eigenvalue weighted by atomic mass is 9.77. The molecule has 1 saturated heterocycles. The van der Waals surface area contributed by atoms with Gasteiger partial charge in [-0.25, -0.2) is 18.7 Å². The summed E-state index contributed by atoms with van der Waals surface area (Å²) < 4.78 is 26.4. The quantitative estimate of drug-likeness (QED) is 0.830. The maximum atomic E-state index is 13.3. The van der Waals surface area contributed by atoms with E-state index in [1.807, 2.05) is 18.0 Å². The van der Waals surface area contributed by atoms with Gasteiger partial charge in [0.05, 0.1) is 5.69 Å². The molecular formula is C21H23F2N3O. The van der Waals surface area contributed by atoms with Crippen molar-refractivity contribution < 1.29 is 13.6 Å². The number of benzene rings is 1. The zero-order chi connectivity index (χ0) is 19.0. The number of fused-ring (bicyclic) bond motifs is 2. The Morgan fingerprint density at radius 2 is 2.11 bits per heavy atom. The molecule has 27 heavy (non-hydrogen) atoms. The predicted octanol–water partition coefficient (Wildman–Crippen LogP) is 3.50. The van der Waals surface area contributed by atoms with Crippen LogP contribution in [0.3, 0.4) is 0 Å². The van der Waals surface area contributed by atoms with Crippen molar-refractivity contribution in [2.45, 2.75) is 50.9 Å². The molecule has 1 spiro atoms. The first-order chi connectivity index (χ1) is 13.0. The highest BCUT2D eigenvalue weighted by molar-refractivity contribution is 5.76. The molecule has 1 aromatic carbocycles. The highest BCUT2D eigenvalue weighted by Crippen LogP contribution is 2.43. The Morgan fingerprint density at radius 1 is 1.26 bits per heavy atom. The lowest BCUT2D eigenvalue weighted by Gasteiger charge is -2.40. The Kier molecular flexibility index (Phi) is 4.66. The molecule has 1 aliphatic heterocycles. The molecule has 1 amide bonds. The Labute approximate surface area is 157 Å². The molecule has 1 atom stereocenters. The van der Waals surface area contributed by atoms with Crippen molar-refractivity contribution in [1.82, 2.24) is 14.9 Å². The fraction of sp³-hybridized carbons (Fsp3) is 0.476. The summed E-state index contributed by atoms with van der Waals surface area (Å²) in [5.41, 5.74) is 2.91. The number of halogens is 2. The minimum Gasteiger partial charge on any atom is -0.342 e.